The Morgan fingerprint density at radius 2 is 1.78 bits per heavy atom. The Morgan fingerprint density at radius 1 is 1.00 bits per heavy atom. The molecule has 0 fully saturated rings. The minimum absolute atomic E-state index is 0.000482. The summed E-state index contributed by atoms with van der Waals surface area (Å²) in [6, 6.07) is 8.82. The van der Waals surface area contributed by atoms with Gasteiger partial charge in [0.15, 0.2) is 5.78 Å². The molecule has 0 aliphatic heterocycles. The van der Waals surface area contributed by atoms with Gasteiger partial charge in [0, 0.05) is 12.0 Å². The number of hydrogen-bond acceptors (Lipinski definition) is 6. The van der Waals surface area contributed by atoms with E-state index < -0.39 is 11.9 Å². The second-order valence-corrected chi connectivity index (χ2v) is 6.53. The smallest absolute Gasteiger partial charge is 0.373 e. The van der Waals surface area contributed by atoms with E-state index in [1.165, 1.54) is 36.8 Å². The molecule has 0 amide bonds. The van der Waals surface area contributed by atoms with E-state index in [0.717, 1.165) is 19.3 Å². The maximum absolute atomic E-state index is 12.3. The average molecular weight is 370 g/mol. The molecule has 0 saturated heterocycles. The lowest BCUT2D eigenvalue weighted by molar-refractivity contribution is -0.145. The fraction of sp³-hybridized carbons (Fsp3) is 0.381. The van der Waals surface area contributed by atoms with Crippen LogP contribution in [0, 0.1) is 0 Å². The maximum atomic E-state index is 12.3. The van der Waals surface area contributed by atoms with Crippen LogP contribution in [0.15, 0.2) is 34.7 Å². The summed E-state index contributed by atoms with van der Waals surface area (Å²) in [4.78, 5) is 35.5. The summed E-state index contributed by atoms with van der Waals surface area (Å²) in [6.45, 7) is -0.0944. The molecule has 1 aromatic carbocycles. The fourth-order valence-corrected chi connectivity index (χ4v) is 3.16. The first-order valence-electron chi connectivity index (χ1n) is 9.04. The molecule has 1 aliphatic rings. The molecule has 142 valence electrons. The number of methoxy groups -OCH3 is 1. The lowest BCUT2D eigenvalue weighted by Crippen LogP contribution is -2.09. The monoisotopic (exact) mass is 370 g/mol. The number of hydrogen-bond donors (Lipinski definition) is 0. The van der Waals surface area contributed by atoms with Gasteiger partial charge in [-0.25, -0.2) is 4.79 Å². The Balaban J connectivity index is 1.46. The first kappa shape index (κ1) is 18.9. The molecule has 0 N–H and O–H groups in total. The van der Waals surface area contributed by atoms with E-state index in [4.69, 9.17) is 9.15 Å². The number of carbonyl (C=O) groups excluding carboxylic acids is 3. The van der Waals surface area contributed by atoms with Crippen molar-refractivity contribution in [2.24, 2.45) is 0 Å². The van der Waals surface area contributed by atoms with Crippen LogP contribution in [0.25, 0.3) is 0 Å². The summed E-state index contributed by atoms with van der Waals surface area (Å²) in [5, 5.41) is 0. The van der Waals surface area contributed by atoms with Crippen LogP contribution in [0.2, 0.25) is 0 Å². The average Bonchev–Trinajstić information content (AvgIpc) is 3.18. The predicted molar refractivity (Wildman–Crippen MR) is 96.5 cm³/mol. The van der Waals surface area contributed by atoms with Gasteiger partial charge in [0.2, 0.25) is 5.76 Å². The number of carbonyl (C=O) groups is 3. The maximum Gasteiger partial charge on any atom is 0.373 e. The SMILES string of the molecule is COC(=O)c1ccc(COC(=O)CCC(=O)c2ccc3c(c2)CCCC3)o1. The van der Waals surface area contributed by atoms with Crippen molar-refractivity contribution < 1.29 is 28.3 Å². The number of rotatable bonds is 7. The van der Waals surface area contributed by atoms with Crippen molar-refractivity contribution in [3.8, 4) is 0 Å². The van der Waals surface area contributed by atoms with Gasteiger partial charge >= 0.3 is 11.9 Å². The predicted octanol–water partition coefficient (Wildman–Crippen LogP) is 3.65. The normalized spacial score (nSPS) is 12.9. The number of esters is 2. The van der Waals surface area contributed by atoms with E-state index >= 15 is 0 Å². The molecule has 0 radical (unpaired) electrons. The van der Waals surface area contributed by atoms with E-state index in [1.807, 2.05) is 18.2 Å². The Kier molecular flexibility index (Phi) is 6.06. The van der Waals surface area contributed by atoms with Crippen molar-refractivity contribution in [3.63, 3.8) is 0 Å². The van der Waals surface area contributed by atoms with Gasteiger partial charge < -0.3 is 13.9 Å². The quantitative estimate of drug-likeness (QED) is 0.546. The molecule has 0 bridgehead atoms. The molecule has 6 nitrogen and oxygen atoms in total. The molecular weight excluding hydrogens is 348 g/mol. The van der Waals surface area contributed by atoms with Gasteiger partial charge in [-0.05, 0) is 55.0 Å². The van der Waals surface area contributed by atoms with E-state index in [0.29, 0.717) is 11.3 Å². The van der Waals surface area contributed by atoms with Crippen LogP contribution < -0.4 is 0 Å². The highest BCUT2D eigenvalue weighted by molar-refractivity contribution is 5.97. The summed E-state index contributed by atoms with van der Waals surface area (Å²) in [5.41, 5.74) is 3.22. The Labute approximate surface area is 157 Å². The lowest BCUT2D eigenvalue weighted by Gasteiger charge is -2.16. The summed E-state index contributed by atoms with van der Waals surface area (Å²) >= 11 is 0. The van der Waals surface area contributed by atoms with Gasteiger partial charge in [-0.15, -0.1) is 0 Å². The van der Waals surface area contributed by atoms with E-state index in [1.54, 1.807) is 0 Å². The minimum Gasteiger partial charge on any atom is -0.463 e. The van der Waals surface area contributed by atoms with Crippen LogP contribution in [0.3, 0.4) is 0 Å². The lowest BCUT2D eigenvalue weighted by atomic mass is 9.89. The van der Waals surface area contributed by atoms with Crippen molar-refractivity contribution in [2.75, 3.05) is 7.11 Å². The van der Waals surface area contributed by atoms with Gasteiger partial charge in [-0.3, -0.25) is 9.59 Å². The number of aryl methyl sites for hydroxylation is 2. The molecule has 0 saturated carbocycles. The van der Waals surface area contributed by atoms with Crippen LogP contribution >= 0.6 is 0 Å². The highest BCUT2D eigenvalue weighted by Crippen LogP contribution is 2.23. The molecule has 3 rings (SSSR count). The van der Waals surface area contributed by atoms with Crippen molar-refractivity contribution in [3.05, 3.63) is 58.5 Å². The summed E-state index contributed by atoms with van der Waals surface area (Å²) in [6.07, 6.45) is 4.53. The standard InChI is InChI=1S/C21H22O6/c1-25-21(24)19-10-8-17(27-19)13-26-20(23)11-9-18(22)16-7-6-14-4-2-3-5-15(14)12-16/h6-8,10,12H,2-5,9,11,13H2,1H3. The number of benzene rings is 1. The van der Waals surface area contributed by atoms with Crippen LogP contribution in [-0.2, 0) is 33.7 Å². The number of ketones is 1. The summed E-state index contributed by atoms with van der Waals surface area (Å²) in [7, 11) is 1.25. The van der Waals surface area contributed by atoms with E-state index in [-0.39, 0.29) is 31.0 Å². The number of ether oxygens (including phenoxy) is 2. The molecule has 1 heterocycles. The number of furan rings is 1. The largest absolute Gasteiger partial charge is 0.463 e. The van der Waals surface area contributed by atoms with Crippen molar-refractivity contribution in [1.82, 2.24) is 0 Å². The molecule has 2 aromatic rings. The molecule has 0 unspecified atom stereocenters. The van der Waals surface area contributed by atoms with Crippen molar-refractivity contribution in [2.45, 2.75) is 45.1 Å². The third-order valence-corrected chi connectivity index (χ3v) is 4.65. The number of Topliss-reactive ketones (excluding diaryl/α,β-unsaturated/α-hetero) is 1. The van der Waals surface area contributed by atoms with Crippen molar-refractivity contribution in [1.29, 1.82) is 0 Å². The van der Waals surface area contributed by atoms with Crippen LogP contribution in [0.1, 0.15) is 63.5 Å². The number of fused-ring (bicyclic) bond motifs is 1. The zero-order chi connectivity index (χ0) is 19.2. The molecule has 1 aromatic heterocycles. The molecule has 6 heteroatoms. The van der Waals surface area contributed by atoms with Gasteiger partial charge in [0.05, 0.1) is 13.5 Å². The highest BCUT2D eigenvalue weighted by Gasteiger charge is 2.16. The topological polar surface area (TPSA) is 82.8 Å². The van der Waals surface area contributed by atoms with Gasteiger partial charge in [-0.2, -0.15) is 0 Å². The molecular formula is C21H22O6. The zero-order valence-corrected chi connectivity index (χ0v) is 15.3. The third-order valence-electron chi connectivity index (χ3n) is 4.65. The Bertz CT molecular complexity index is 848. The molecule has 27 heavy (non-hydrogen) atoms. The van der Waals surface area contributed by atoms with Gasteiger partial charge in [0.25, 0.3) is 0 Å². The first-order valence-corrected chi connectivity index (χ1v) is 9.04. The fourth-order valence-electron chi connectivity index (χ4n) is 3.16. The van der Waals surface area contributed by atoms with Crippen molar-refractivity contribution >= 4 is 17.7 Å². The van der Waals surface area contributed by atoms with Gasteiger partial charge in [0.1, 0.15) is 12.4 Å². The van der Waals surface area contributed by atoms with Crippen LogP contribution in [-0.4, -0.2) is 24.8 Å². The van der Waals surface area contributed by atoms with Crippen LogP contribution in [0.4, 0.5) is 0 Å². The zero-order valence-electron chi connectivity index (χ0n) is 15.3. The van der Waals surface area contributed by atoms with Gasteiger partial charge in [-0.1, -0.05) is 12.1 Å². The van der Waals surface area contributed by atoms with Crippen LogP contribution in [0.5, 0.6) is 0 Å². The Hall–Kier alpha value is -2.89. The highest BCUT2D eigenvalue weighted by atomic mass is 16.5. The van der Waals surface area contributed by atoms with E-state index in [9.17, 15) is 14.4 Å². The summed E-state index contributed by atoms with van der Waals surface area (Å²) < 4.78 is 14.8. The second kappa shape index (κ2) is 8.66. The molecule has 0 spiro atoms. The molecule has 1 aliphatic carbocycles. The molecule has 0 atom stereocenters. The third kappa shape index (κ3) is 4.84. The second-order valence-electron chi connectivity index (χ2n) is 6.53. The Morgan fingerprint density at radius 3 is 2.56 bits per heavy atom. The van der Waals surface area contributed by atoms with E-state index in [2.05, 4.69) is 4.74 Å². The summed E-state index contributed by atoms with van der Waals surface area (Å²) in [5.74, 6) is -0.761. The first-order chi connectivity index (χ1) is 13.1. The minimum atomic E-state index is -0.594.